The van der Waals surface area contributed by atoms with E-state index in [2.05, 4.69) is 22.2 Å². The smallest absolute Gasteiger partial charge is 0.255 e. The highest BCUT2D eigenvalue weighted by atomic mass is 16.1. The molecule has 2 heterocycles. The van der Waals surface area contributed by atoms with E-state index in [4.69, 9.17) is 5.41 Å². The number of fused-ring (bicyclic) bond motifs is 3. The summed E-state index contributed by atoms with van der Waals surface area (Å²) in [5.74, 6) is -0.320. The lowest BCUT2D eigenvalue weighted by Gasteiger charge is -2.15. The maximum Gasteiger partial charge on any atom is 0.255 e. The molecular formula is C25H21N5O2. The van der Waals surface area contributed by atoms with Crippen LogP contribution in [0.25, 0.3) is 27.5 Å². The maximum absolute atomic E-state index is 13.0. The zero-order valence-electron chi connectivity index (χ0n) is 17.4. The van der Waals surface area contributed by atoms with E-state index in [1.165, 1.54) is 18.4 Å². The van der Waals surface area contributed by atoms with Gasteiger partial charge < -0.3 is 16.0 Å². The molecule has 7 heteroatoms. The van der Waals surface area contributed by atoms with Crippen LogP contribution in [0.1, 0.15) is 5.56 Å². The Kier molecular flexibility index (Phi) is 5.63. The van der Waals surface area contributed by atoms with Gasteiger partial charge in [-0.15, -0.1) is 0 Å². The molecule has 0 atom stereocenters. The molecule has 0 saturated heterocycles. The van der Waals surface area contributed by atoms with Gasteiger partial charge in [-0.1, -0.05) is 12.6 Å². The number of carbonyl (C=O) groups excluding carboxylic acids is 1. The van der Waals surface area contributed by atoms with Gasteiger partial charge in [0.1, 0.15) is 0 Å². The second-order valence-electron chi connectivity index (χ2n) is 7.16. The van der Waals surface area contributed by atoms with Crippen molar-refractivity contribution in [2.45, 2.75) is 6.92 Å². The number of carbonyl (C=O) groups is 1. The topological polar surface area (TPSA) is 99.9 Å². The summed E-state index contributed by atoms with van der Waals surface area (Å²) >= 11 is 0. The molecule has 0 bridgehead atoms. The van der Waals surface area contributed by atoms with E-state index < -0.39 is 0 Å². The SMILES string of the molecule is C=CC(=O)Nc1cc(-n2c(=O)ccc3cnc4ccc(N/C=C\C=N)cc4c32)ccc1C. The summed E-state index contributed by atoms with van der Waals surface area (Å²) in [6.07, 6.45) is 7.37. The van der Waals surface area contributed by atoms with Gasteiger partial charge in [0.05, 0.1) is 16.7 Å². The van der Waals surface area contributed by atoms with Gasteiger partial charge in [0.2, 0.25) is 5.91 Å². The van der Waals surface area contributed by atoms with Crippen molar-refractivity contribution in [1.29, 1.82) is 5.41 Å². The Morgan fingerprint density at radius 1 is 1.16 bits per heavy atom. The monoisotopic (exact) mass is 423 g/mol. The minimum absolute atomic E-state index is 0.197. The molecule has 7 nitrogen and oxygen atoms in total. The molecule has 2 aromatic carbocycles. The van der Waals surface area contributed by atoms with Gasteiger partial charge in [-0.25, -0.2) is 0 Å². The molecule has 0 unspecified atom stereocenters. The molecule has 0 fully saturated rings. The van der Waals surface area contributed by atoms with Gasteiger partial charge in [0, 0.05) is 46.8 Å². The maximum atomic E-state index is 13.0. The van der Waals surface area contributed by atoms with Crippen LogP contribution in [-0.4, -0.2) is 21.7 Å². The van der Waals surface area contributed by atoms with Crippen molar-refractivity contribution in [2.75, 3.05) is 10.6 Å². The predicted molar refractivity (Wildman–Crippen MR) is 130 cm³/mol. The third-order valence-electron chi connectivity index (χ3n) is 5.08. The van der Waals surface area contributed by atoms with Crippen molar-refractivity contribution >= 4 is 45.3 Å². The minimum Gasteiger partial charge on any atom is -0.362 e. The number of aromatic nitrogens is 2. The van der Waals surface area contributed by atoms with E-state index in [0.717, 1.165) is 27.5 Å². The van der Waals surface area contributed by atoms with E-state index in [1.54, 1.807) is 35.2 Å². The van der Waals surface area contributed by atoms with Crippen molar-refractivity contribution in [3.63, 3.8) is 0 Å². The molecule has 0 radical (unpaired) electrons. The molecule has 3 N–H and O–H groups in total. The van der Waals surface area contributed by atoms with Crippen molar-refractivity contribution in [3.05, 3.63) is 95.6 Å². The third-order valence-corrected chi connectivity index (χ3v) is 5.08. The lowest BCUT2D eigenvalue weighted by atomic mass is 10.1. The van der Waals surface area contributed by atoms with Crippen LogP contribution in [0.5, 0.6) is 0 Å². The fourth-order valence-electron chi connectivity index (χ4n) is 3.52. The minimum atomic E-state index is -0.320. The summed E-state index contributed by atoms with van der Waals surface area (Å²) in [5, 5.41) is 14.6. The number of nitrogens with zero attached hydrogens (tertiary/aromatic N) is 2. The van der Waals surface area contributed by atoms with Gasteiger partial charge in [-0.3, -0.25) is 19.1 Å². The lowest BCUT2D eigenvalue weighted by molar-refractivity contribution is -0.111. The summed E-state index contributed by atoms with van der Waals surface area (Å²) in [6, 6.07) is 14.4. The van der Waals surface area contributed by atoms with Gasteiger partial charge in [-0.2, -0.15) is 0 Å². The highest BCUT2D eigenvalue weighted by molar-refractivity contribution is 6.05. The fourth-order valence-corrected chi connectivity index (χ4v) is 3.52. The van der Waals surface area contributed by atoms with Crippen LogP contribution < -0.4 is 16.2 Å². The zero-order chi connectivity index (χ0) is 22.7. The number of hydrogen-bond donors (Lipinski definition) is 3. The Morgan fingerprint density at radius 3 is 2.78 bits per heavy atom. The number of amides is 1. The second-order valence-corrected chi connectivity index (χ2v) is 7.16. The molecule has 0 aliphatic rings. The van der Waals surface area contributed by atoms with Crippen LogP contribution in [0.15, 0.2) is 84.5 Å². The Bertz CT molecular complexity index is 1470. The van der Waals surface area contributed by atoms with Crippen molar-refractivity contribution in [1.82, 2.24) is 9.55 Å². The Hall–Kier alpha value is -4.52. The molecule has 4 rings (SSSR count). The van der Waals surface area contributed by atoms with E-state index in [-0.39, 0.29) is 11.5 Å². The number of hydrogen-bond acceptors (Lipinski definition) is 5. The summed E-state index contributed by atoms with van der Waals surface area (Å²) in [7, 11) is 0. The molecule has 0 aliphatic heterocycles. The van der Waals surface area contributed by atoms with Crippen molar-refractivity contribution < 1.29 is 4.79 Å². The van der Waals surface area contributed by atoms with E-state index in [0.29, 0.717) is 16.9 Å². The van der Waals surface area contributed by atoms with Gasteiger partial charge in [0.15, 0.2) is 0 Å². The molecule has 32 heavy (non-hydrogen) atoms. The molecular weight excluding hydrogens is 402 g/mol. The number of aryl methyl sites for hydroxylation is 1. The third kappa shape index (κ3) is 3.91. The average Bonchev–Trinajstić information content (AvgIpc) is 2.80. The summed E-state index contributed by atoms with van der Waals surface area (Å²) < 4.78 is 1.62. The molecule has 0 saturated carbocycles. The fraction of sp³-hybridized carbons (Fsp3) is 0.0400. The quantitative estimate of drug-likeness (QED) is 0.241. The molecule has 158 valence electrons. The van der Waals surface area contributed by atoms with Gasteiger partial charge >= 0.3 is 0 Å². The molecule has 0 aliphatic carbocycles. The van der Waals surface area contributed by atoms with Crippen LogP contribution in [0.4, 0.5) is 11.4 Å². The van der Waals surface area contributed by atoms with Crippen LogP contribution >= 0.6 is 0 Å². The normalized spacial score (nSPS) is 11.0. The van der Waals surface area contributed by atoms with Crippen LogP contribution in [0, 0.1) is 12.3 Å². The average molecular weight is 423 g/mol. The number of pyridine rings is 2. The zero-order valence-corrected chi connectivity index (χ0v) is 17.4. The number of anilines is 2. The van der Waals surface area contributed by atoms with Gasteiger partial charge in [0.25, 0.3) is 5.56 Å². The van der Waals surface area contributed by atoms with Crippen LogP contribution in [-0.2, 0) is 4.79 Å². The van der Waals surface area contributed by atoms with Crippen molar-refractivity contribution in [2.24, 2.45) is 0 Å². The lowest BCUT2D eigenvalue weighted by Crippen LogP contribution is -2.18. The standard InChI is InChI=1S/C25H21N5O2/c1-3-23(31)29-22-14-19(8-5-16(22)2)30-24(32)10-6-17-15-28-21-9-7-18(27-12-4-11-26)13-20(21)25(17)30/h3-15,26-27H,1H2,2H3,(H,29,31)/b12-4-,26-11?. The summed E-state index contributed by atoms with van der Waals surface area (Å²) in [5.41, 5.74) is 4.16. The first kappa shape index (κ1) is 20.7. The van der Waals surface area contributed by atoms with E-state index >= 15 is 0 Å². The highest BCUT2D eigenvalue weighted by Crippen LogP contribution is 2.28. The van der Waals surface area contributed by atoms with Crippen LogP contribution in [0.3, 0.4) is 0 Å². The molecule has 1 amide bonds. The highest BCUT2D eigenvalue weighted by Gasteiger charge is 2.12. The summed E-state index contributed by atoms with van der Waals surface area (Å²) in [6.45, 7) is 5.38. The summed E-state index contributed by atoms with van der Waals surface area (Å²) in [4.78, 5) is 29.4. The first-order chi connectivity index (χ1) is 15.5. The molecule has 0 spiro atoms. The number of allylic oxidation sites excluding steroid dienone is 1. The first-order valence-corrected chi connectivity index (χ1v) is 9.93. The van der Waals surface area contributed by atoms with Gasteiger partial charge in [-0.05, 0) is 61.0 Å². The largest absolute Gasteiger partial charge is 0.362 e. The van der Waals surface area contributed by atoms with Crippen molar-refractivity contribution in [3.8, 4) is 5.69 Å². The van der Waals surface area contributed by atoms with E-state index in [9.17, 15) is 9.59 Å². The number of nitrogens with one attached hydrogen (secondary N) is 3. The Morgan fingerprint density at radius 2 is 2.00 bits per heavy atom. The predicted octanol–water partition coefficient (Wildman–Crippen LogP) is 4.55. The van der Waals surface area contributed by atoms with Crippen LogP contribution in [0.2, 0.25) is 0 Å². The number of benzene rings is 2. The molecule has 4 aromatic rings. The Balaban J connectivity index is 1.98. The first-order valence-electron chi connectivity index (χ1n) is 9.93. The number of rotatable bonds is 6. The second kappa shape index (κ2) is 8.69. The molecule has 2 aromatic heterocycles. The van der Waals surface area contributed by atoms with E-state index in [1.807, 2.05) is 37.3 Å². The Labute approximate surface area is 184 Å².